The summed E-state index contributed by atoms with van der Waals surface area (Å²) in [6.07, 6.45) is 0.922. The number of rotatable bonds is 5. The van der Waals surface area contributed by atoms with Crippen molar-refractivity contribution in [2.45, 2.75) is 13.3 Å². The fourth-order valence-electron chi connectivity index (χ4n) is 1.14. The number of hydrogen-bond donors (Lipinski definition) is 1. The highest BCUT2D eigenvalue weighted by Crippen LogP contribution is 2.18. The lowest BCUT2D eigenvalue weighted by Crippen LogP contribution is -2.15. The zero-order valence-electron chi connectivity index (χ0n) is 8.73. The Morgan fingerprint density at radius 1 is 1.40 bits per heavy atom. The van der Waals surface area contributed by atoms with Gasteiger partial charge in [-0.25, -0.2) is 0 Å². The molecule has 1 rings (SSSR count). The normalized spacial score (nSPS) is 9.20. The van der Waals surface area contributed by atoms with E-state index in [0.29, 0.717) is 17.9 Å². The van der Waals surface area contributed by atoms with Gasteiger partial charge in [-0.1, -0.05) is 19.1 Å². The minimum atomic E-state index is -0.0864. The van der Waals surface area contributed by atoms with Crippen LogP contribution in [0.15, 0.2) is 24.3 Å². The third-order valence-corrected chi connectivity index (χ3v) is 1.83. The largest absolute Gasteiger partial charge is 0.493 e. The average Bonchev–Trinajstić information content (AvgIpc) is 2.25. The van der Waals surface area contributed by atoms with Crippen LogP contribution in [0.3, 0.4) is 0 Å². The van der Waals surface area contributed by atoms with Crippen molar-refractivity contribution in [1.29, 1.82) is 0 Å². The van der Waals surface area contributed by atoms with E-state index < -0.39 is 0 Å². The van der Waals surface area contributed by atoms with Crippen molar-refractivity contribution in [2.24, 2.45) is 5.73 Å². The highest BCUT2D eigenvalue weighted by Gasteiger charge is 2.09. The summed E-state index contributed by atoms with van der Waals surface area (Å²) in [5.41, 5.74) is 5.87. The van der Waals surface area contributed by atoms with E-state index >= 15 is 0 Å². The Labute approximate surface area is 96.0 Å². The molecule has 0 bridgehead atoms. The molecule has 0 aromatic heterocycles. The van der Waals surface area contributed by atoms with E-state index in [-0.39, 0.29) is 24.7 Å². The number of Topliss-reactive ketones (excluding diaryl/α,β-unsaturated/α-hetero) is 1. The lowest BCUT2D eigenvalue weighted by Gasteiger charge is -2.08. The van der Waals surface area contributed by atoms with Crippen molar-refractivity contribution in [2.75, 3.05) is 13.2 Å². The Morgan fingerprint density at radius 3 is 2.67 bits per heavy atom. The molecule has 15 heavy (non-hydrogen) atoms. The third kappa shape index (κ3) is 3.90. The lowest BCUT2D eigenvalue weighted by atomic mass is 10.1. The van der Waals surface area contributed by atoms with Gasteiger partial charge in [0.2, 0.25) is 0 Å². The van der Waals surface area contributed by atoms with Crippen LogP contribution in [-0.2, 0) is 0 Å². The molecular formula is C11H16ClNO2. The summed E-state index contributed by atoms with van der Waals surface area (Å²) in [5.74, 6) is 0.543. The van der Waals surface area contributed by atoms with Gasteiger partial charge in [0.15, 0.2) is 5.78 Å². The van der Waals surface area contributed by atoms with Gasteiger partial charge in [0.25, 0.3) is 0 Å². The molecule has 0 spiro atoms. The van der Waals surface area contributed by atoms with Crippen LogP contribution in [0.25, 0.3) is 0 Å². The lowest BCUT2D eigenvalue weighted by molar-refractivity contribution is 0.0997. The van der Waals surface area contributed by atoms with E-state index in [1.165, 1.54) is 0 Å². The fourth-order valence-corrected chi connectivity index (χ4v) is 1.14. The van der Waals surface area contributed by atoms with Crippen LogP contribution in [0.5, 0.6) is 5.75 Å². The quantitative estimate of drug-likeness (QED) is 0.787. The van der Waals surface area contributed by atoms with E-state index in [9.17, 15) is 4.79 Å². The Hall–Kier alpha value is -1.06. The summed E-state index contributed by atoms with van der Waals surface area (Å²) in [4.78, 5) is 11.4. The maximum atomic E-state index is 11.4. The van der Waals surface area contributed by atoms with Crippen molar-refractivity contribution in [3.63, 3.8) is 0 Å². The zero-order chi connectivity index (χ0) is 10.4. The summed E-state index contributed by atoms with van der Waals surface area (Å²) in [7, 11) is 0. The van der Waals surface area contributed by atoms with Crippen molar-refractivity contribution in [1.82, 2.24) is 0 Å². The van der Waals surface area contributed by atoms with Crippen LogP contribution in [0.2, 0.25) is 0 Å². The first-order chi connectivity index (χ1) is 6.79. The second kappa shape index (κ2) is 7.26. The molecule has 1 aromatic carbocycles. The number of benzene rings is 1. The fraction of sp³-hybridized carbons (Fsp3) is 0.364. The second-order valence-corrected chi connectivity index (χ2v) is 2.97. The standard InChI is InChI=1S/C11H15NO2.ClH/c1-2-7-14-11-6-4-3-5-9(11)10(13)8-12;/h3-6H,2,7-8,12H2,1H3;1H. The van der Waals surface area contributed by atoms with Crippen molar-refractivity contribution >= 4 is 18.2 Å². The van der Waals surface area contributed by atoms with E-state index in [2.05, 4.69) is 0 Å². The van der Waals surface area contributed by atoms with Crippen LogP contribution >= 0.6 is 12.4 Å². The van der Waals surface area contributed by atoms with Gasteiger partial charge >= 0.3 is 0 Å². The predicted octanol–water partition coefficient (Wildman–Crippen LogP) is 2.04. The smallest absolute Gasteiger partial charge is 0.180 e. The molecule has 0 amide bonds. The predicted molar refractivity (Wildman–Crippen MR) is 62.9 cm³/mol. The molecule has 2 N–H and O–H groups in total. The SMILES string of the molecule is CCCOc1ccccc1C(=O)CN.Cl. The first-order valence-corrected chi connectivity index (χ1v) is 4.74. The summed E-state index contributed by atoms with van der Waals surface area (Å²) in [6, 6.07) is 7.18. The molecule has 0 atom stereocenters. The van der Waals surface area contributed by atoms with E-state index in [1.54, 1.807) is 12.1 Å². The van der Waals surface area contributed by atoms with E-state index in [4.69, 9.17) is 10.5 Å². The molecule has 0 unspecified atom stereocenters. The zero-order valence-corrected chi connectivity index (χ0v) is 9.55. The monoisotopic (exact) mass is 229 g/mol. The van der Waals surface area contributed by atoms with Gasteiger partial charge < -0.3 is 10.5 Å². The molecule has 0 aliphatic carbocycles. The summed E-state index contributed by atoms with van der Waals surface area (Å²) in [6.45, 7) is 2.66. The van der Waals surface area contributed by atoms with Gasteiger partial charge in [0.1, 0.15) is 5.75 Å². The second-order valence-electron chi connectivity index (χ2n) is 2.97. The Balaban J connectivity index is 0.00000196. The van der Waals surface area contributed by atoms with E-state index in [0.717, 1.165) is 6.42 Å². The molecule has 0 fully saturated rings. The maximum Gasteiger partial charge on any atom is 0.180 e. The molecule has 3 nitrogen and oxygen atoms in total. The molecule has 0 radical (unpaired) electrons. The van der Waals surface area contributed by atoms with Crippen molar-refractivity contribution in [3.05, 3.63) is 29.8 Å². The van der Waals surface area contributed by atoms with Gasteiger partial charge in [-0.2, -0.15) is 0 Å². The van der Waals surface area contributed by atoms with Gasteiger partial charge in [-0.3, -0.25) is 4.79 Å². The van der Waals surface area contributed by atoms with Crippen LogP contribution in [-0.4, -0.2) is 18.9 Å². The van der Waals surface area contributed by atoms with Crippen LogP contribution < -0.4 is 10.5 Å². The summed E-state index contributed by atoms with van der Waals surface area (Å²) < 4.78 is 5.43. The van der Waals surface area contributed by atoms with E-state index in [1.807, 2.05) is 19.1 Å². The number of hydrogen-bond acceptors (Lipinski definition) is 3. The number of halogens is 1. The first kappa shape index (κ1) is 13.9. The Morgan fingerprint density at radius 2 is 2.07 bits per heavy atom. The molecule has 0 saturated carbocycles. The molecule has 84 valence electrons. The molecule has 0 aliphatic rings. The maximum absolute atomic E-state index is 11.4. The molecular weight excluding hydrogens is 214 g/mol. The number of carbonyl (C=O) groups is 1. The summed E-state index contributed by atoms with van der Waals surface area (Å²) in [5, 5.41) is 0. The number of ketones is 1. The van der Waals surface area contributed by atoms with Crippen LogP contribution in [0.4, 0.5) is 0 Å². The van der Waals surface area contributed by atoms with Gasteiger partial charge in [-0.15, -0.1) is 12.4 Å². The first-order valence-electron chi connectivity index (χ1n) is 4.74. The number of ether oxygens (including phenoxy) is 1. The number of carbonyl (C=O) groups excluding carboxylic acids is 1. The minimum absolute atomic E-state index is 0. The van der Waals surface area contributed by atoms with Crippen LogP contribution in [0, 0.1) is 0 Å². The van der Waals surface area contributed by atoms with Gasteiger partial charge in [0.05, 0.1) is 18.7 Å². The van der Waals surface area contributed by atoms with Crippen molar-refractivity contribution < 1.29 is 9.53 Å². The summed E-state index contributed by atoms with van der Waals surface area (Å²) >= 11 is 0. The van der Waals surface area contributed by atoms with Crippen LogP contribution in [0.1, 0.15) is 23.7 Å². The average molecular weight is 230 g/mol. The molecule has 0 heterocycles. The highest BCUT2D eigenvalue weighted by molar-refractivity contribution is 5.99. The Bertz CT molecular complexity index is 315. The number of nitrogens with two attached hydrogens (primary N) is 1. The minimum Gasteiger partial charge on any atom is -0.493 e. The molecule has 0 saturated heterocycles. The Kier molecular flexibility index (Phi) is 6.75. The number of para-hydroxylation sites is 1. The third-order valence-electron chi connectivity index (χ3n) is 1.83. The van der Waals surface area contributed by atoms with Gasteiger partial charge in [-0.05, 0) is 18.6 Å². The molecule has 1 aromatic rings. The van der Waals surface area contributed by atoms with Gasteiger partial charge in [0, 0.05) is 0 Å². The molecule has 4 heteroatoms. The molecule has 0 aliphatic heterocycles. The van der Waals surface area contributed by atoms with Crippen molar-refractivity contribution in [3.8, 4) is 5.75 Å². The topological polar surface area (TPSA) is 52.3 Å². The highest BCUT2D eigenvalue weighted by atomic mass is 35.5.